The lowest BCUT2D eigenvalue weighted by Crippen LogP contribution is -2.41. The molecule has 0 amide bonds. The number of ether oxygens (including phenoxy) is 1. The summed E-state index contributed by atoms with van der Waals surface area (Å²) in [5.41, 5.74) is 0. The monoisotopic (exact) mass is 309 g/mol. The Kier molecular flexibility index (Phi) is 7.38. The van der Waals surface area contributed by atoms with E-state index < -0.39 is 0 Å². The number of rotatable bonds is 7. The molecule has 3 heteroatoms. The van der Waals surface area contributed by atoms with E-state index in [0.717, 1.165) is 29.8 Å². The molecule has 1 N–H and O–H groups in total. The number of benzene rings is 1. The van der Waals surface area contributed by atoms with Crippen LogP contribution >= 0.6 is 11.6 Å². The molecule has 2 nitrogen and oxygen atoms in total. The van der Waals surface area contributed by atoms with Crippen LogP contribution < -0.4 is 10.1 Å². The minimum absolute atomic E-state index is 0.460. The number of halogens is 1. The maximum atomic E-state index is 6.02. The van der Waals surface area contributed by atoms with Gasteiger partial charge in [0.25, 0.3) is 0 Å². The molecule has 2 rings (SSSR count). The van der Waals surface area contributed by atoms with Crippen LogP contribution in [0.15, 0.2) is 24.3 Å². The normalized spacial score (nSPS) is 18.2. The summed E-state index contributed by atoms with van der Waals surface area (Å²) >= 11 is 6.02. The number of nitrogens with one attached hydrogen (secondary N) is 1. The van der Waals surface area contributed by atoms with Crippen molar-refractivity contribution in [3.05, 3.63) is 29.3 Å². The van der Waals surface area contributed by atoms with Crippen molar-refractivity contribution < 1.29 is 4.74 Å². The van der Waals surface area contributed by atoms with Gasteiger partial charge in [-0.15, -0.1) is 0 Å². The lowest BCUT2D eigenvalue weighted by Gasteiger charge is -2.27. The fourth-order valence-electron chi connectivity index (χ4n) is 3.15. The van der Waals surface area contributed by atoms with Crippen LogP contribution in [0.2, 0.25) is 5.02 Å². The highest BCUT2D eigenvalue weighted by molar-refractivity contribution is 6.30. The van der Waals surface area contributed by atoms with Crippen molar-refractivity contribution in [2.45, 2.75) is 57.9 Å². The van der Waals surface area contributed by atoms with Crippen molar-refractivity contribution in [3.8, 4) is 5.75 Å². The van der Waals surface area contributed by atoms with Gasteiger partial charge in [0.05, 0.1) is 0 Å². The van der Waals surface area contributed by atoms with Gasteiger partial charge in [-0.3, -0.25) is 0 Å². The fourth-order valence-corrected chi connectivity index (χ4v) is 3.33. The van der Waals surface area contributed by atoms with E-state index >= 15 is 0 Å². The number of hydrogen-bond acceptors (Lipinski definition) is 2. The van der Waals surface area contributed by atoms with Gasteiger partial charge in [-0.1, -0.05) is 50.3 Å². The molecular weight excluding hydrogens is 282 g/mol. The quantitative estimate of drug-likeness (QED) is 0.711. The van der Waals surface area contributed by atoms with Gasteiger partial charge in [0.2, 0.25) is 0 Å². The summed E-state index contributed by atoms with van der Waals surface area (Å²) in [4.78, 5) is 0. The molecule has 1 aromatic rings. The van der Waals surface area contributed by atoms with Gasteiger partial charge in [0, 0.05) is 11.1 Å². The summed E-state index contributed by atoms with van der Waals surface area (Å²) in [7, 11) is 0. The first-order valence-electron chi connectivity index (χ1n) is 8.41. The van der Waals surface area contributed by atoms with Gasteiger partial charge in [-0.2, -0.15) is 0 Å². The second-order valence-corrected chi connectivity index (χ2v) is 6.52. The van der Waals surface area contributed by atoms with Crippen molar-refractivity contribution in [1.82, 2.24) is 5.32 Å². The maximum absolute atomic E-state index is 6.02. The molecule has 1 aliphatic rings. The lowest BCUT2D eigenvalue weighted by molar-refractivity contribution is 0.204. The molecule has 1 aliphatic carbocycles. The van der Waals surface area contributed by atoms with Crippen LogP contribution in [-0.4, -0.2) is 19.2 Å². The van der Waals surface area contributed by atoms with Gasteiger partial charge in [0.15, 0.2) is 0 Å². The van der Waals surface area contributed by atoms with E-state index in [1.807, 2.05) is 24.3 Å². The van der Waals surface area contributed by atoms with Gasteiger partial charge in [-0.05, 0) is 49.9 Å². The average Bonchev–Trinajstić information content (AvgIpc) is 2.77. The topological polar surface area (TPSA) is 21.3 Å². The molecule has 0 aromatic heterocycles. The zero-order valence-corrected chi connectivity index (χ0v) is 13.9. The molecule has 0 spiro atoms. The average molecular weight is 310 g/mol. The predicted molar refractivity (Wildman–Crippen MR) is 90.2 cm³/mol. The Morgan fingerprint density at radius 3 is 2.67 bits per heavy atom. The third kappa shape index (κ3) is 5.88. The zero-order chi connectivity index (χ0) is 14.9. The first-order chi connectivity index (χ1) is 10.3. The Morgan fingerprint density at radius 2 is 2.00 bits per heavy atom. The van der Waals surface area contributed by atoms with Crippen molar-refractivity contribution in [2.24, 2.45) is 5.92 Å². The second-order valence-electron chi connectivity index (χ2n) is 6.08. The van der Waals surface area contributed by atoms with E-state index in [0.29, 0.717) is 6.04 Å². The van der Waals surface area contributed by atoms with Gasteiger partial charge in [0.1, 0.15) is 12.4 Å². The Balaban J connectivity index is 1.91. The predicted octanol–water partition coefficient (Wildman–Crippen LogP) is 5.06. The van der Waals surface area contributed by atoms with Crippen molar-refractivity contribution in [2.75, 3.05) is 13.2 Å². The highest BCUT2D eigenvalue weighted by atomic mass is 35.5. The molecule has 21 heavy (non-hydrogen) atoms. The molecule has 118 valence electrons. The van der Waals surface area contributed by atoms with Gasteiger partial charge >= 0.3 is 0 Å². The molecule has 1 atom stereocenters. The van der Waals surface area contributed by atoms with Crippen molar-refractivity contribution >= 4 is 11.6 Å². The van der Waals surface area contributed by atoms with E-state index in [1.54, 1.807) is 0 Å². The van der Waals surface area contributed by atoms with Gasteiger partial charge in [-0.25, -0.2) is 0 Å². The summed E-state index contributed by atoms with van der Waals surface area (Å²) in [6.07, 6.45) is 9.36. The Labute approximate surface area is 134 Å². The summed E-state index contributed by atoms with van der Waals surface area (Å²) in [6.45, 7) is 4.03. The van der Waals surface area contributed by atoms with Crippen molar-refractivity contribution in [1.29, 1.82) is 0 Å². The van der Waals surface area contributed by atoms with Crippen molar-refractivity contribution in [3.63, 3.8) is 0 Å². The third-order valence-electron chi connectivity index (χ3n) is 4.35. The minimum atomic E-state index is 0.460. The first kappa shape index (κ1) is 16.6. The Morgan fingerprint density at radius 1 is 1.24 bits per heavy atom. The molecule has 1 unspecified atom stereocenters. The molecule has 1 fully saturated rings. The lowest BCUT2D eigenvalue weighted by atomic mass is 9.92. The van der Waals surface area contributed by atoms with Crippen LogP contribution in [0.1, 0.15) is 51.9 Å². The second kappa shape index (κ2) is 9.32. The van der Waals surface area contributed by atoms with E-state index in [1.165, 1.54) is 44.9 Å². The first-order valence-corrected chi connectivity index (χ1v) is 8.79. The van der Waals surface area contributed by atoms with Crippen LogP contribution in [-0.2, 0) is 0 Å². The summed E-state index contributed by atoms with van der Waals surface area (Å²) in [6, 6.07) is 8.16. The molecule has 0 heterocycles. The number of hydrogen-bond donors (Lipinski definition) is 1. The molecule has 0 radical (unpaired) electrons. The van der Waals surface area contributed by atoms with Crippen LogP contribution in [0.3, 0.4) is 0 Å². The molecule has 0 bridgehead atoms. The summed E-state index contributed by atoms with van der Waals surface area (Å²) in [5.74, 6) is 1.62. The molecule has 0 aliphatic heterocycles. The Bertz CT molecular complexity index is 402. The highest BCUT2D eigenvalue weighted by Crippen LogP contribution is 2.26. The molecular formula is C18H28ClNO. The van der Waals surface area contributed by atoms with Crippen LogP contribution in [0.4, 0.5) is 0 Å². The molecule has 1 saturated carbocycles. The maximum Gasteiger partial charge on any atom is 0.120 e. The summed E-state index contributed by atoms with van der Waals surface area (Å²) in [5, 5.41) is 4.43. The van der Waals surface area contributed by atoms with E-state index in [9.17, 15) is 0 Å². The van der Waals surface area contributed by atoms with Crippen LogP contribution in [0.5, 0.6) is 5.75 Å². The molecule has 1 aromatic carbocycles. The summed E-state index contributed by atoms with van der Waals surface area (Å²) < 4.78 is 5.99. The fraction of sp³-hybridized carbons (Fsp3) is 0.667. The van der Waals surface area contributed by atoms with Gasteiger partial charge < -0.3 is 10.1 Å². The zero-order valence-electron chi connectivity index (χ0n) is 13.1. The van der Waals surface area contributed by atoms with Crippen LogP contribution in [0.25, 0.3) is 0 Å². The smallest absolute Gasteiger partial charge is 0.120 e. The standard InChI is InChI=1S/C18H28ClNO/c1-2-12-20-18(15-8-5-3-4-6-9-15)14-21-17-11-7-10-16(19)13-17/h7,10-11,13,15,18,20H,2-6,8-9,12,14H2,1H3. The van der Waals surface area contributed by atoms with E-state index in [2.05, 4.69) is 12.2 Å². The highest BCUT2D eigenvalue weighted by Gasteiger charge is 2.22. The third-order valence-corrected chi connectivity index (χ3v) is 4.59. The Hall–Kier alpha value is -0.730. The molecule has 0 saturated heterocycles. The van der Waals surface area contributed by atoms with E-state index in [4.69, 9.17) is 16.3 Å². The largest absolute Gasteiger partial charge is 0.492 e. The van der Waals surface area contributed by atoms with E-state index in [-0.39, 0.29) is 0 Å². The van der Waals surface area contributed by atoms with Crippen LogP contribution in [0, 0.1) is 5.92 Å². The SMILES string of the molecule is CCCNC(COc1cccc(Cl)c1)C1CCCCCC1. The minimum Gasteiger partial charge on any atom is -0.492 e.